The van der Waals surface area contributed by atoms with E-state index in [2.05, 4.69) is 28.7 Å². The van der Waals surface area contributed by atoms with Gasteiger partial charge >= 0.3 is 0 Å². The van der Waals surface area contributed by atoms with Crippen molar-refractivity contribution in [2.75, 3.05) is 27.9 Å². The minimum atomic E-state index is -0.548. The molecule has 0 bridgehead atoms. The number of carbonyl (C=O) groups excluding carboxylic acids is 1. The number of nitrogens with one attached hydrogen (secondary N) is 1. The summed E-state index contributed by atoms with van der Waals surface area (Å²) in [5.41, 5.74) is 2.54. The fraction of sp³-hybridized carbons (Fsp3) is 0.458. The molecule has 1 fully saturated rings. The second kappa shape index (κ2) is 8.43. The Bertz CT molecular complexity index is 1130. The molecule has 0 aliphatic carbocycles. The highest BCUT2D eigenvalue weighted by molar-refractivity contribution is 6.10. The van der Waals surface area contributed by atoms with Gasteiger partial charge < -0.3 is 19.2 Å². The van der Waals surface area contributed by atoms with E-state index in [4.69, 9.17) is 19.2 Å². The predicted octanol–water partition coefficient (Wildman–Crippen LogP) is 4.10. The molecule has 1 aliphatic heterocycles. The summed E-state index contributed by atoms with van der Waals surface area (Å²) in [6.45, 7) is 7.23. The summed E-state index contributed by atoms with van der Waals surface area (Å²) in [7, 11) is 4.71. The summed E-state index contributed by atoms with van der Waals surface area (Å²) in [6.07, 6.45) is 5.24. The van der Waals surface area contributed by atoms with Crippen LogP contribution in [0.4, 0.5) is 0 Å². The Morgan fingerprint density at radius 1 is 1.16 bits per heavy atom. The summed E-state index contributed by atoms with van der Waals surface area (Å²) in [4.78, 5) is 28.4. The average Bonchev–Trinajstić information content (AvgIpc) is 3.41. The number of nitrogens with zero attached hydrogens (tertiary/aromatic N) is 3. The molecule has 1 N–H and O–H groups in total. The van der Waals surface area contributed by atoms with Crippen molar-refractivity contribution in [1.82, 2.24) is 19.9 Å². The molecule has 0 radical (unpaired) electrons. The molecule has 1 unspecified atom stereocenters. The maximum Gasteiger partial charge on any atom is 0.203 e. The fourth-order valence-corrected chi connectivity index (χ4v) is 4.78. The lowest BCUT2D eigenvalue weighted by atomic mass is 9.88. The Labute approximate surface area is 187 Å². The second-order valence-corrected chi connectivity index (χ2v) is 8.56. The van der Waals surface area contributed by atoms with Crippen LogP contribution in [0.3, 0.4) is 0 Å². The number of methoxy groups -OCH3 is 3. The van der Waals surface area contributed by atoms with E-state index in [1.807, 2.05) is 19.1 Å². The molecule has 0 amide bonds. The van der Waals surface area contributed by atoms with Crippen molar-refractivity contribution in [2.45, 2.75) is 45.2 Å². The summed E-state index contributed by atoms with van der Waals surface area (Å²) >= 11 is 0. The van der Waals surface area contributed by atoms with Crippen LogP contribution >= 0.6 is 0 Å². The molecule has 1 saturated heterocycles. The maximum absolute atomic E-state index is 13.7. The Balaban J connectivity index is 1.80. The summed E-state index contributed by atoms with van der Waals surface area (Å²) in [5, 5.41) is 0. The van der Waals surface area contributed by atoms with Gasteiger partial charge in [-0.2, -0.15) is 0 Å². The van der Waals surface area contributed by atoms with Crippen LogP contribution in [0.5, 0.6) is 17.2 Å². The van der Waals surface area contributed by atoms with Crippen LogP contribution in [0.1, 0.15) is 44.0 Å². The van der Waals surface area contributed by atoms with Crippen LogP contribution in [0.25, 0.3) is 22.4 Å². The zero-order valence-electron chi connectivity index (χ0n) is 19.5. The van der Waals surface area contributed by atoms with Crippen molar-refractivity contribution in [2.24, 2.45) is 0 Å². The Morgan fingerprint density at radius 2 is 1.84 bits per heavy atom. The first-order valence-corrected chi connectivity index (χ1v) is 10.8. The van der Waals surface area contributed by atoms with Crippen molar-refractivity contribution in [1.29, 1.82) is 0 Å². The van der Waals surface area contributed by atoms with Gasteiger partial charge in [-0.25, -0.2) is 9.97 Å². The molecule has 3 heterocycles. The molecule has 32 heavy (non-hydrogen) atoms. The van der Waals surface area contributed by atoms with Crippen molar-refractivity contribution in [3.63, 3.8) is 0 Å². The summed E-state index contributed by atoms with van der Waals surface area (Å²) in [6, 6.07) is 3.94. The number of benzene rings is 1. The van der Waals surface area contributed by atoms with Gasteiger partial charge in [-0.3, -0.25) is 9.69 Å². The van der Waals surface area contributed by atoms with Gasteiger partial charge in [0.05, 0.1) is 44.3 Å². The van der Waals surface area contributed by atoms with E-state index in [9.17, 15) is 4.79 Å². The molecule has 8 nitrogen and oxygen atoms in total. The van der Waals surface area contributed by atoms with Crippen molar-refractivity contribution < 1.29 is 19.0 Å². The lowest BCUT2D eigenvalue weighted by Gasteiger charge is -2.36. The third-order valence-corrected chi connectivity index (χ3v) is 6.39. The van der Waals surface area contributed by atoms with Gasteiger partial charge in [0.25, 0.3) is 0 Å². The highest BCUT2D eigenvalue weighted by atomic mass is 16.5. The second-order valence-electron chi connectivity index (χ2n) is 8.56. The van der Waals surface area contributed by atoms with Crippen LogP contribution in [0, 0.1) is 0 Å². The Kier molecular flexibility index (Phi) is 5.81. The zero-order chi connectivity index (χ0) is 23.0. The number of Topliss-reactive ketones (excluding diaryl/α,β-unsaturated/α-hetero) is 1. The number of aromatic amines is 1. The number of hydrogen-bond donors (Lipinski definition) is 1. The first-order chi connectivity index (χ1) is 15.3. The molecule has 2 aromatic heterocycles. The third kappa shape index (κ3) is 3.48. The van der Waals surface area contributed by atoms with Crippen molar-refractivity contribution >= 4 is 16.9 Å². The number of hydrogen-bond acceptors (Lipinski definition) is 7. The first kappa shape index (κ1) is 22.1. The minimum Gasteiger partial charge on any atom is -0.493 e. The average molecular weight is 439 g/mol. The van der Waals surface area contributed by atoms with E-state index in [1.165, 1.54) is 0 Å². The topological polar surface area (TPSA) is 89.6 Å². The largest absolute Gasteiger partial charge is 0.493 e. The quantitative estimate of drug-likeness (QED) is 0.556. The normalized spacial score (nSPS) is 19.0. The van der Waals surface area contributed by atoms with E-state index in [0.29, 0.717) is 39.7 Å². The Hall–Kier alpha value is -3.13. The van der Waals surface area contributed by atoms with E-state index < -0.39 is 5.54 Å². The van der Waals surface area contributed by atoms with Gasteiger partial charge in [-0.15, -0.1) is 0 Å². The first-order valence-electron chi connectivity index (χ1n) is 10.8. The summed E-state index contributed by atoms with van der Waals surface area (Å²) in [5.74, 6) is 1.64. The highest BCUT2D eigenvalue weighted by Gasteiger charge is 2.45. The number of aromatic nitrogens is 3. The molecule has 3 aromatic rings. The molecule has 1 aliphatic rings. The maximum atomic E-state index is 13.7. The fourth-order valence-electron chi connectivity index (χ4n) is 4.78. The molecule has 1 atom stereocenters. The molecule has 0 spiro atoms. The van der Waals surface area contributed by atoms with Gasteiger partial charge in [-0.05, 0) is 52.3 Å². The van der Waals surface area contributed by atoms with E-state index in [0.717, 1.165) is 24.9 Å². The van der Waals surface area contributed by atoms with Gasteiger partial charge in [0.15, 0.2) is 22.9 Å². The van der Waals surface area contributed by atoms with Crippen LogP contribution in [-0.2, 0) is 0 Å². The predicted molar refractivity (Wildman–Crippen MR) is 123 cm³/mol. The lowest BCUT2D eigenvalue weighted by Crippen LogP contribution is -2.51. The molecule has 4 rings (SSSR count). The van der Waals surface area contributed by atoms with Gasteiger partial charge in [-0.1, -0.05) is 0 Å². The molecule has 8 heteroatoms. The van der Waals surface area contributed by atoms with Gasteiger partial charge in [0.2, 0.25) is 5.75 Å². The van der Waals surface area contributed by atoms with E-state index in [-0.39, 0.29) is 11.8 Å². The lowest BCUT2D eigenvalue weighted by molar-refractivity contribution is 0.0637. The van der Waals surface area contributed by atoms with E-state index >= 15 is 0 Å². The van der Waals surface area contributed by atoms with E-state index in [1.54, 1.807) is 33.7 Å². The van der Waals surface area contributed by atoms with Crippen LogP contribution in [0.15, 0.2) is 24.5 Å². The number of ketones is 1. The monoisotopic (exact) mass is 438 g/mol. The number of ether oxygens (including phenoxy) is 3. The number of carbonyl (C=O) groups is 1. The Morgan fingerprint density at radius 3 is 2.44 bits per heavy atom. The highest BCUT2D eigenvalue weighted by Crippen LogP contribution is 2.41. The van der Waals surface area contributed by atoms with Crippen LogP contribution in [0.2, 0.25) is 0 Å². The van der Waals surface area contributed by atoms with Gasteiger partial charge in [0, 0.05) is 17.8 Å². The summed E-state index contributed by atoms with van der Waals surface area (Å²) < 4.78 is 16.4. The van der Waals surface area contributed by atoms with Gasteiger partial charge in [0.1, 0.15) is 5.52 Å². The SMILES string of the molecule is COc1cc(-c2cnc3[nH]cc(C(=O)C4(C)CCCN4C(C)C)c3n2)cc(OC)c1OC. The number of H-pyrrole nitrogens is 1. The van der Waals surface area contributed by atoms with Crippen LogP contribution in [-0.4, -0.2) is 65.1 Å². The van der Waals surface area contributed by atoms with Crippen LogP contribution < -0.4 is 14.2 Å². The molecule has 1 aromatic carbocycles. The number of likely N-dealkylation sites (tertiary alicyclic amines) is 1. The molecule has 0 saturated carbocycles. The molecular weight excluding hydrogens is 408 g/mol. The third-order valence-electron chi connectivity index (χ3n) is 6.39. The minimum absolute atomic E-state index is 0.0753. The number of rotatable bonds is 7. The molecule has 170 valence electrons. The van der Waals surface area contributed by atoms with Crippen molar-refractivity contribution in [3.05, 3.63) is 30.1 Å². The molecular formula is C24H30N4O4. The smallest absolute Gasteiger partial charge is 0.203 e. The van der Waals surface area contributed by atoms with Crippen molar-refractivity contribution in [3.8, 4) is 28.5 Å². The number of fused-ring (bicyclic) bond motifs is 1. The standard InChI is InChI=1S/C24H30N4O4/c1-14(2)28-9-7-8-24(28,3)22(29)16-12-25-23-20(16)27-17(13-26-23)15-10-18(30-4)21(32-6)19(11-15)31-5/h10-14H,7-9H2,1-6H3,(H,25,26). The zero-order valence-corrected chi connectivity index (χ0v) is 19.5.